The summed E-state index contributed by atoms with van der Waals surface area (Å²) in [6.07, 6.45) is 15.3. The molecule has 0 bridgehead atoms. The Morgan fingerprint density at radius 2 is 1.41 bits per heavy atom. The second kappa shape index (κ2) is 14.8. The van der Waals surface area contributed by atoms with Gasteiger partial charge in [-0.15, -0.1) is 0 Å². The number of hydrogen-bond acceptors (Lipinski definition) is 4. The molecule has 0 saturated heterocycles. The Morgan fingerprint density at radius 1 is 0.623 bits per heavy atom. The predicted octanol–water partition coefficient (Wildman–Crippen LogP) is 13.0. The zero-order valence-electron chi connectivity index (χ0n) is 34.0. The van der Waals surface area contributed by atoms with E-state index in [-0.39, 0.29) is 6.04 Å². The Morgan fingerprint density at radius 3 is 2.33 bits per heavy atom. The van der Waals surface area contributed by atoms with Crippen LogP contribution < -0.4 is 20.1 Å². The van der Waals surface area contributed by atoms with Gasteiger partial charge in [0.1, 0.15) is 17.1 Å². The first-order chi connectivity index (χ1) is 30.2. The molecule has 61 heavy (non-hydrogen) atoms. The first-order valence-electron chi connectivity index (χ1n) is 21.8. The topological polar surface area (TPSA) is 38.5 Å². The van der Waals surface area contributed by atoms with Gasteiger partial charge < -0.3 is 14.1 Å². The Balaban J connectivity index is 0.970. The zero-order valence-corrected chi connectivity index (χ0v) is 34.0. The van der Waals surface area contributed by atoms with Crippen molar-refractivity contribution in [2.75, 3.05) is 11.5 Å². The van der Waals surface area contributed by atoms with Gasteiger partial charge >= 0.3 is 0 Å². The minimum absolute atomic E-state index is 0.0654. The molecule has 0 spiro atoms. The van der Waals surface area contributed by atoms with Crippen molar-refractivity contribution in [3.63, 3.8) is 0 Å². The highest BCUT2D eigenvalue weighted by molar-refractivity contribution is 5.96. The molecule has 0 fully saturated rings. The molecule has 9 aromatic rings. The van der Waals surface area contributed by atoms with E-state index in [1.807, 2.05) is 6.07 Å². The molecule has 2 aliphatic carbocycles. The normalized spacial score (nSPS) is 15.6. The van der Waals surface area contributed by atoms with E-state index in [0.29, 0.717) is 0 Å². The summed E-state index contributed by atoms with van der Waals surface area (Å²) in [6.45, 7) is 0.738. The molecule has 0 amide bonds. The zero-order chi connectivity index (χ0) is 40.3. The van der Waals surface area contributed by atoms with Crippen LogP contribution in [-0.2, 0) is 12.8 Å². The van der Waals surface area contributed by atoms with Crippen molar-refractivity contribution in [2.24, 2.45) is 0 Å². The summed E-state index contributed by atoms with van der Waals surface area (Å²) in [4.78, 5) is 7.49. The Hall–Kier alpha value is -7.17. The predicted molar refractivity (Wildman–Crippen MR) is 253 cm³/mol. The molecule has 7 aromatic carbocycles. The van der Waals surface area contributed by atoms with Gasteiger partial charge in [0.05, 0.1) is 23.9 Å². The van der Waals surface area contributed by atoms with Crippen molar-refractivity contribution in [3.8, 4) is 39.3 Å². The van der Waals surface area contributed by atoms with Gasteiger partial charge in [0, 0.05) is 50.5 Å². The largest absolute Gasteiger partial charge is 0.493 e. The number of para-hydroxylation sites is 2. The Kier molecular flexibility index (Phi) is 8.69. The van der Waals surface area contributed by atoms with E-state index in [1.165, 1.54) is 65.7 Å². The molecule has 294 valence electrons. The SMILES string of the molecule is C1=Cc2c(oc3c4c(ccc23)=CCC(N(c2ccc(-c3ccc(-c5ccc6ccccc6n5)cc3)cc2)c2ccc3ccc5c(c3c2)CCCCOc2ccccc2-5)C=4)CC1. The molecule has 2 aromatic heterocycles. The monoisotopic (exact) mass is 788 g/mol. The number of pyridine rings is 1. The minimum atomic E-state index is 0.0654. The maximum absolute atomic E-state index is 6.69. The van der Waals surface area contributed by atoms with E-state index < -0.39 is 0 Å². The van der Waals surface area contributed by atoms with Crippen LogP contribution in [0.3, 0.4) is 0 Å². The van der Waals surface area contributed by atoms with Crippen LogP contribution >= 0.6 is 0 Å². The van der Waals surface area contributed by atoms with E-state index >= 15 is 0 Å². The summed E-state index contributed by atoms with van der Waals surface area (Å²) < 4.78 is 13.0. The maximum atomic E-state index is 6.69. The average Bonchev–Trinajstić information content (AvgIpc) is 3.74. The average molecular weight is 789 g/mol. The van der Waals surface area contributed by atoms with E-state index in [2.05, 4.69) is 175 Å². The van der Waals surface area contributed by atoms with E-state index in [1.54, 1.807) is 0 Å². The third-order valence-electron chi connectivity index (χ3n) is 13.0. The third-order valence-corrected chi connectivity index (χ3v) is 13.0. The smallest absolute Gasteiger partial charge is 0.142 e. The molecular formula is C57H44N2O2. The summed E-state index contributed by atoms with van der Waals surface area (Å²) in [5.41, 5.74) is 13.9. The van der Waals surface area contributed by atoms with Gasteiger partial charge in [0.2, 0.25) is 0 Å². The number of furan rings is 1. The summed E-state index contributed by atoms with van der Waals surface area (Å²) in [5, 5.41) is 7.37. The number of fused-ring (bicyclic) bond motifs is 11. The number of allylic oxidation sites excluding steroid dienone is 1. The van der Waals surface area contributed by atoms with Gasteiger partial charge in [0.15, 0.2) is 0 Å². The van der Waals surface area contributed by atoms with Gasteiger partial charge in [-0.05, 0) is 125 Å². The van der Waals surface area contributed by atoms with Gasteiger partial charge in [-0.3, -0.25) is 0 Å². The molecule has 3 heterocycles. The van der Waals surface area contributed by atoms with Crippen molar-refractivity contribution in [3.05, 3.63) is 185 Å². The fourth-order valence-corrected chi connectivity index (χ4v) is 9.94. The second-order valence-corrected chi connectivity index (χ2v) is 16.7. The molecule has 4 heteroatoms. The molecule has 0 N–H and O–H groups in total. The van der Waals surface area contributed by atoms with Gasteiger partial charge in [-0.2, -0.15) is 0 Å². The number of rotatable bonds is 5. The lowest BCUT2D eigenvalue weighted by Gasteiger charge is -2.33. The lowest BCUT2D eigenvalue weighted by molar-refractivity contribution is 0.309. The van der Waals surface area contributed by atoms with Crippen molar-refractivity contribution in [1.82, 2.24) is 4.98 Å². The summed E-state index contributed by atoms with van der Waals surface area (Å²) >= 11 is 0. The quantitative estimate of drug-likeness (QED) is 0.174. The lowest BCUT2D eigenvalue weighted by atomic mass is 9.90. The molecule has 0 saturated carbocycles. The molecule has 4 nitrogen and oxygen atoms in total. The Labute approximate surface area is 355 Å². The number of aromatic nitrogens is 1. The molecule has 1 unspecified atom stereocenters. The van der Waals surface area contributed by atoms with Crippen molar-refractivity contribution < 1.29 is 9.15 Å². The van der Waals surface area contributed by atoms with Crippen LogP contribution in [-0.4, -0.2) is 17.6 Å². The lowest BCUT2D eigenvalue weighted by Crippen LogP contribution is -2.38. The second-order valence-electron chi connectivity index (χ2n) is 16.7. The highest BCUT2D eigenvalue weighted by Gasteiger charge is 2.24. The van der Waals surface area contributed by atoms with Gasteiger partial charge in [-0.1, -0.05) is 121 Å². The van der Waals surface area contributed by atoms with E-state index in [4.69, 9.17) is 14.1 Å². The molecule has 1 atom stereocenters. The first kappa shape index (κ1) is 35.7. The van der Waals surface area contributed by atoms with Gasteiger partial charge in [-0.25, -0.2) is 4.98 Å². The molecule has 12 rings (SSSR count). The highest BCUT2D eigenvalue weighted by Crippen LogP contribution is 2.41. The standard InChI is InChI=1S/C57H44N2O2/c1-4-13-53-41(9-1)26-33-54(58-53)42-18-16-37(17-19-42)38-20-27-43(28-21-38)59(45-30-23-40-25-32-50-49-12-3-6-15-56(49)61-57(50)52(40)36-45)44-29-22-39-24-31-47-46(51(39)35-44)10-7-8-34-60-55-14-5-2-11-48(47)55/h1-5,9,11-14,16-29,31-33,35-36,45H,6-8,10,15,30,34H2. The molecular weight excluding hydrogens is 745 g/mol. The molecule has 1 aliphatic heterocycles. The Bertz CT molecular complexity index is 3320. The van der Waals surface area contributed by atoms with E-state index in [0.717, 1.165) is 90.1 Å². The number of hydrogen-bond donors (Lipinski definition) is 0. The highest BCUT2D eigenvalue weighted by atomic mass is 16.5. The van der Waals surface area contributed by atoms with Crippen molar-refractivity contribution in [1.29, 1.82) is 0 Å². The van der Waals surface area contributed by atoms with Crippen LogP contribution in [0.1, 0.15) is 42.6 Å². The van der Waals surface area contributed by atoms with Crippen LogP contribution in [0.2, 0.25) is 0 Å². The van der Waals surface area contributed by atoms with E-state index in [9.17, 15) is 0 Å². The summed E-state index contributed by atoms with van der Waals surface area (Å²) in [6, 6.07) is 55.3. The number of anilines is 2. The third kappa shape index (κ3) is 6.33. The van der Waals surface area contributed by atoms with Crippen LogP contribution in [0.4, 0.5) is 11.4 Å². The summed E-state index contributed by atoms with van der Waals surface area (Å²) in [5.74, 6) is 2.07. The minimum Gasteiger partial charge on any atom is -0.493 e. The van der Waals surface area contributed by atoms with Crippen LogP contribution in [0.15, 0.2) is 162 Å². The first-order valence-corrected chi connectivity index (χ1v) is 21.8. The molecule has 3 aliphatic rings. The summed E-state index contributed by atoms with van der Waals surface area (Å²) in [7, 11) is 0. The number of ether oxygens (including phenoxy) is 1. The van der Waals surface area contributed by atoms with Crippen molar-refractivity contribution in [2.45, 2.75) is 44.6 Å². The van der Waals surface area contributed by atoms with Crippen LogP contribution in [0, 0.1) is 0 Å². The fourth-order valence-electron chi connectivity index (χ4n) is 9.94. The van der Waals surface area contributed by atoms with Gasteiger partial charge in [0.25, 0.3) is 0 Å². The van der Waals surface area contributed by atoms with Crippen LogP contribution in [0.5, 0.6) is 5.75 Å². The fraction of sp³-hybridized carbons (Fsp3) is 0.140. The number of aryl methyl sites for hydroxylation is 2. The maximum Gasteiger partial charge on any atom is 0.142 e. The number of benzene rings is 7. The molecule has 0 radical (unpaired) electrons. The van der Waals surface area contributed by atoms with Crippen LogP contribution in [0.25, 0.3) is 84.4 Å². The number of nitrogens with zero attached hydrogens (tertiary/aromatic N) is 2. The van der Waals surface area contributed by atoms with Crippen molar-refractivity contribution >= 4 is 62.2 Å².